The van der Waals surface area contributed by atoms with Gasteiger partial charge in [-0.25, -0.2) is 4.39 Å². The van der Waals surface area contributed by atoms with Gasteiger partial charge in [0.1, 0.15) is 17.6 Å². The quantitative estimate of drug-likeness (QED) is 0.685. The average molecular weight is 482 g/mol. The Balaban J connectivity index is 1.48. The molecule has 3 amide bonds. The molecule has 0 unspecified atom stereocenters. The van der Waals surface area contributed by atoms with Gasteiger partial charge < -0.3 is 19.9 Å². The summed E-state index contributed by atoms with van der Waals surface area (Å²) >= 11 is 0. The van der Waals surface area contributed by atoms with E-state index in [1.807, 2.05) is 4.90 Å². The number of halogens is 1. The summed E-state index contributed by atoms with van der Waals surface area (Å²) in [5.74, 6) is -0.840. The first-order valence-electron chi connectivity index (χ1n) is 12.3. The van der Waals surface area contributed by atoms with Crippen molar-refractivity contribution in [3.05, 3.63) is 65.5 Å². The van der Waals surface area contributed by atoms with Crippen molar-refractivity contribution in [1.29, 1.82) is 0 Å². The molecule has 2 saturated heterocycles. The van der Waals surface area contributed by atoms with Crippen LogP contribution in [0.3, 0.4) is 0 Å². The minimum absolute atomic E-state index is 0.0539. The number of benzene rings is 2. The largest absolute Gasteiger partial charge is 0.497 e. The molecule has 0 aromatic heterocycles. The lowest BCUT2D eigenvalue weighted by atomic mass is 9.87. The average Bonchev–Trinajstić information content (AvgIpc) is 2.91. The van der Waals surface area contributed by atoms with Gasteiger partial charge in [0.05, 0.1) is 12.7 Å². The van der Waals surface area contributed by atoms with Crippen LogP contribution in [0.15, 0.2) is 48.5 Å². The van der Waals surface area contributed by atoms with Gasteiger partial charge in [-0.2, -0.15) is 0 Å². The van der Waals surface area contributed by atoms with Crippen LogP contribution in [0, 0.1) is 11.7 Å². The third-order valence-electron chi connectivity index (χ3n) is 6.95. The number of amides is 3. The van der Waals surface area contributed by atoms with E-state index in [-0.39, 0.29) is 29.2 Å². The molecule has 1 atom stereocenters. The first-order chi connectivity index (χ1) is 17.0. The SMILES string of the molecule is COc1cccc(C(=O)N[C@H](C(=O)N2CCCCC2)C2CCN(C(=O)c3ccccc3F)CC2)c1. The van der Waals surface area contributed by atoms with E-state index in [0.29, 0.717) is 50.3 Å². The molecule has 2 aromatic carbocycles. The topological polar surface area (TPSA) is 79.0 Å². The second-order valence-corrected chi connectivity index (χ2v) is 9.18. The summed E-state index contributed by atoms with van der Waals surface area (Å²) in [6.45, 7) is 2.18. The number of hydrogen-bond donors (Lipinski definition) is 1. The maximum absolute atomic E-state index is 14.1. The van der Waals surface area contributed by atoms with Crippen LogP contribution in [0.25, 0.3) is 0 Å². The number of nitrogens with one attached hydrogen (secondary N) is 1. The summed E-state index contributed by atoms with van der Waals surface area (Å²) in [6, 6.07) is 12.1. The Morgan fingerprint density at radius 1 is 0.943 bits per heavy atom. The van der Waals surface area contributed by atoms with E-state index >= 15 is 0 Å². The first kappa shape index (κ1) is 24.7. The van der Waals surface area contributed by atoms with E-state index in [1.165, 1.54) is 19.2 Å². The molecule has 0 aliphatic carbocycles. The number of likely N-dealkylation sites (tertiary alicyclic amines) is 2. The van der Waals surface area contributed by atoms with Gasteiger partial charge in [0.25, 0.3) is 11.8 Å². The predicted octanol–water partition coefficient (Wildman–Crippen LogP) is 3.50. The Morgan fingerprint density at radius 3 is 2.34 bits per heavy atom. The number of rotatable bonds is 6. The van der Waals surface area contributed by atoms with Crippen molar-refractivity contribution in [1.82, 2.24) is 15.1 Å². The van der Waals surface area contributed by atoms with Crippen molar-refractivity contribution in [2.24, 2.45) is 5.92 Å². The summed E-state index contributed by atoms with van der Waals surface area (Å²) in [5.41, 5.74) is 0.478. The molecule has 0 saturated carbocycles. The molecule has 4 rings (SSSR count). The Bertz CT molecular complexity index is 1060. The molecule has 7 nitrogen and oxygen atoms in total. The summed E-state index contributed by atoms with van der Waals surface area (Å²) in [4.78, 5) is 42.9. The van der Waals surface area contributed by atoms with Crippen molar-refractivity contribution in [2.45, 2.75) is 38.1 Å². The maximum Gasteiger partial charge on any atom is 0.256 e. The van der Waals surface area contributed by atoms with Gasteiger partial charge in [0.2, 0.25) is 5.91 Å². The smallest absolute Gasteiger partial charge is 0.256 e. The number of nitrogens with zero attached hydrogens (tertiary/aromatic N) is 2. The first-order valence-corrected chi connectivity index (χ1v) is 12.3. The van der Waals surface area contributed by atoms with E-state index in [2.05, 4.69) is 5.32 Å². The molecule has 2 aliphatic heterocycles. The predicted molar refractivity (Wildman–Crippen MR) is 130 cm³/mol. The fraction of sp³-hybridized carbons (Fsp3) is 0.444. The zero-order chi connectivity index (χ0) is 24.8. The van der Waals surface area contributed by atoms with E-state index in [9.17, 15) is 18.8 Å². The van der Waals surface area contributed by atoms with Crippen molar-refractivity contribution in [2.75, 3.05) is 33.3 Å². The van der Waals surface area contributed by atoms with Crippen LogP contribution in [0.2, 0.25) is 0 Å². The van der Waals surface area contributed by atoms with Crippen LogP contribution in [-0.4, -0.2) is 66.9 Å². The fourth-order valence-corrected chi connectivity index (χ4v) is 4.92. The number of carbonyl (C=O) groups is 3. The lowest BCUT2D eigenvalue weighted by Crippen LogP contribution is -2.55. The maximum atomic E-state index is 14.1. The lowest BCUT2D eigenvalue weighted by Gasteiger charge is -2.38. The highest BCUT2D eigenvalue weighted by atomic mass is 19.1. The number of hydrogen-bond acceptors (Lipinski definition) is 4. The Kier molecular flexibility index (Phi) is 8.00. The molecule has 8 heteroatoms. The minimum Gasteiger partial charge on any atom is -0.497 e. The summed E-state index contributed by atoms with van der Waals surface area (Å²) < 4.78 is 19.3. The molecule has 186 valence electrons. The normalized spacial score (nSPS) is 17.5. The molecule has 2 aliphatic rings. The van der Waals surface area contributed by atoms with Gasteiger partial charge in [-0.3, -0.25) is 14.4 Å². The van der Waals surface area contributed by atoms with Crippen LogP contribution in [0.4, 0.5) is 4.39 Å². The van der Waals surface area contributed by atoms with Crippen molar-refractivity contribution in [3.8, 4) is 5.75 Å². The Labute approximate surface area is 205 Å². The van der Waals surface area contributed by atoms with E-state index in [0.717, 1.165) is 19.3 Å². The van der Waals surface area contributed by atoms with Gasteiger partial charge in [0, 0.05) is 31.7 Å². The molecule has 35 heavy (non-hydrogen) atoms. The molecule has 0 spiro atoms. The van der Waals surface area contributed by atoms with E-state index in [4.69, 9.17) is 4.74 Å². The van der Waals surface area contributed by atoms with Gasteiger partial charge >= 0.3 is 0 Å². The molecular formula is C27H32FN3O4. The van der Waals surface area contributed by atoms with Crippen molar-refractivity contribution >= 4 is 17.7 Å². The van der Waals surface area contributed by atoms with Crippen LogP contribution < -0.4 is 10.1 Å². The molecule has 2 heterocycles. The highest BCUT2D eigenvalue weighted by Gasteiger charge is 2.37. The number of ether oxygens (including phenoxy) is 1. The highest BCUT2D eigenvalue weighted by molar-refractivity contribution is 5.98. The highest BCUT2D eigenvalue weighted by Crippen LogP contribution is 2.25. The molecule has 2 fully saturated rings. The zero-order valence-electron chi connectivity index (χ0n) is 20.0. The number of methoxy groups -OCH3 is 1. The molecule has 0 radical (unpaired) electrons. The van der Waals surface area contributed by atoms with Crippen LogP contribution in [0.5, 0.6) is 5.75 Å². The third kappa shape index (κ3) is 5.81. The van der Waals surface area contributed by atoms with Crippen molar-refractivity contribution in [3.63, 3.8) is 0 Å². The van der Waals surface area contributed by atoms with Crippen LogP contribution in [0.1, 0.15) is 52.8 Å². The van der Waals surface area contributed by atoms with Gasteiger partial charge in [-0.05, 0) is 68.4 Å². The van der Waals surface area contributed by atoms with Gasteiger partial charge in [-0.1, -0.05) is 18.2 Å². The zero-order valence-corrected chi connectivity index (χ0v) is 20.0. The minimum atomic E-state index is -0.683. The second kappa shape index (κ2) is 11.3. The molecule has 1 N–H and O–H groups in total. The monoisotopic (exact) mass is 481 g/mol. The Morgan fingerprint density at radius 2 is 1.66 bits per heavy atom. The van der Waals surface area contributed by atoms with Crippen LogP contribution >= 0.6 is 0 Å². The van der Waals surface area contributed by atoms with E-state index in [1.54, 1.807) is 41.3 Å². The fourth-order valence-electron chi connectivity index (χ4n) is 4.92. The number of piperidine rings is 2. The molecular weight excluding hydrogens is 449 g/mol. The standard InChI is InChI=1S/C27H32FN3O4/c1-35-21-9-7-8-20(18-21)25(32)29-24(27(34)30-14-5-2-6-15-30)19-12-16-31(17-13-19)26(33)22-10-3-4-11-23(22)28/h3-4,7-11,18-19,24H,2,5-6,12-17H2,1H3,(H,29,32)/t24-/m0/s1. The lowest BCUT2D eigenvalue weighted by molar-refractivity contribution is -0.136. The van der Waals surface area contributed by atoms with Gasteiger partial charge in [-0.15, -0.1) is 0 Å². The van der Waals surface area contributed by atoms with Crippen LogP contribution in [-0.2, 0) is 4.79 Å². The Hall–Kier alpha value is -3.42. The number of carbonyl (C=O) groups excluding carboxylic acids is 3. The molecule has 2 aromatic rings. The molecule has 0 bridgehead atoms. The third-order valence-corrected chi connectivity index (χ3v) is 6.95. The van der Waals surface area contributed by atoms with E-state index < -0.39 is 11.9 Å². The summed E-state index contributed by atoms with van der Waals surface area (Å²) in [6.07, 6.45) is 4.10. The van der Waals surface area contributed by atoms with Crippen molar-refractivity contribution < 1.29 is 23.5 Å². The second-order valence-electron chi connectivity index (χ2n) is 9.18. The van der Waals surface area contributed by atoms with Gasteiger partial charge in [0.15, 0.2) is 0 Å². The summed E-state index contributed by atoms with van der Waals surface area (Å²) in [5, 5.41) is 2.99. The summed E-state index contributed by atoms with van der Waals surface area (Å²) in [7, 11) is 1.54.